The third-order valence-electron chi connectivity index (χ3n) is 4.41. The van der Waals surface area contributed by atoms with Gasteiger partial charge in [0.05, 0.1) is 35.8 Å². The van der Waals surface area contributed by atoms with Crippen LogP contribution in [0.3, 0.4) is 0 Å². The number of hydrogen-bond acceptors (Lipinski definition) is 4. The van der Waals surface area contributed by atoms with Gasteiger partial charge in [-0.05, 0) is 25.5 Å². The van der Waals surface area contributed by atoms with Gasteiger partial charge in [-0.25, -0.2) is 9.48 Å². The standard InChI is InChI=1S/C19H23N3O4/c1-3-7-16-15(10-20-22(16)14-8-5-4-6-9-14)18(23)21-11-13(2)26-17(12-21)19(24)25/h4-6,8-10,13,17H,3,7,11-12H2,1-2H3,(H,24,25)/t13-,17?/m1/s1. The zero-order valence-corrected chi connectivity index (χ0v) is 15.0. The molecule has 1 aromatic heterocycles. The molecule has 26 heavy (non-hydrogen) atoms. The van der Waals surface area contributed by atoms with Crippen molar-refractivity contribution in [1.29, 1.82) is 0 Å². The number of para-hydroxylation sites is 1. The van der Waals surface area contributed by atoms with Crippen molar-refractivity contribution in [2.75, 3.05) is 13.1 Å². The minimum Gasteiger partial charge on any atom is -0.479 e. The number of amides is 1. The Kier molecular flexibility index (Phi) is 5.37. The van der Waals surface area contributed by atoms with Gasteiger partial charge in [-0.15, -0.1) is 0 Å². The van der Waals surface area contributed by atoms with Crippen molar-refractivity contribution in [3.8, 4) is 5.69 Å². The summed E-state index contributed by atoms with van der Waals surface area (Å²) in [6, 6.07) is 9.67. The summed E-state index contributed by atoms with van der Waals surface area (Å²) in [5.74, 6) is -1.25. The summed E-state index contributed by atoms with van der Waals surface area (Å²) in [7, 11) is 0. The van der Waals surface area contributed by atoms with E-state index < -0.39 is 12.1 Å². The smallest absolute Gasteiger partial charge is 0.334 e. The topological polar surface area (TPSA) is 84.7 Å². The molecule has 0 bridgehead atoms. The molecule has 1 aliphatic rings. The summed E-state index contributed by atoms with van der Waals surface area (Å²) in [4.78, 5) is 25.9. The van der Waals surface area contributed by atoms with E-state index in [2.05, 4.69) is 5.10 Å². The minimum absolute atomic E-state index is 0.0423. The molecular weight excluding hydrogens is 334 g/mol. The second kappa shape index (κ2) is 7.70. The van der Waals surface area contributed by atoms with Crippen molar-refractivity contribution in [1.82, 2.24) is 14.7 Å². The molecule has 2 heterocycles. The Morgan fingerprint density at radius 1 is 1.27 bits per heavy atom. The Morgan fingerprint density at radius 3 is 2.65 bits per heavy atom. The van der Waals surface area contributed by atoms with Gasteiger partial charge in [-0.3, -0.25) is 4.79 Å². The number of morpholine rings is 1. The summed E-state index contributed by atoms with van der Waals surface area (Å²) in [5.41, 5.74) is 2.26. The fourth-order valence-corrected chi connectivity index (χ4v) is 3.25. The van der Waals surface area contributed by atoms with Crippen molar-refractivity contribution in [2.45, 2.75) is 38.9 Å². The summed E-state index contributed by atoms with van der Waals surface area (Å²) < 4.78 is 7.19. The lowest BCUT2D eigenvalue weighted by molar-refractivity contribution is -0.160. The molecule has 2 aromatic rings. The number of carboxylic acid groups (broad SMARTS) is 1. The molecule has 3 rings (SSSR count). The van der Waals surface area contributed by atoms with Crippen molar-refractivity contribution in [3.05, 3.63) is 47.8 Å². The van der Waals surface area contributed by atoms with Gasteiger partial charge in [0.2, 0.25) is 0 Å². The highest BCUT2D eigenvalue weighted by atomic mass is 16.5. The molecule has 1 unspecified atom stereocenters. The maximum absolute atomic E-state index is 13.1. The Labute approximate surface area is 152 Å². The summed E-state index contributed by atoms with van der Waals surface area (Å²) in [5, 5.41) is 13.7. The highest BCUT2D eigenvalue weighted by molar-refractivity contribution is 5.95. The van der Waals surface area contributed by atoms with E-state index >= 15 is 0 Å². The van der Waals surface area contributed by atoms with Crippen LogP contribution in [0.2, 0.25) is 0 Å². The van der Waals surface area contributed by atoms with Crippen LogP contribution in [0.15, 0.2) is 36.5 Å². The van der Waals surface area contributed by atoms with Crippen LogP contribution >= 0.6 is 0 Å². The lowest BCUT2D eigenvalue weighted by Gasteiger charge is -2.34. The average molecular weight is 357 g/mol. The zero-order chi connectivity index (χ0) is 18.7. The van der Waals surface area contributed by atoms with Gasteiger partial charge < -0.3 is 14.7 Å². The van der Waals surface area contributed by atoms with Crippen LogP contribution in [-0.2, 0) is 16.0 Å². The fourth-order valence-electron chi connectivity index (χ4n) is 3.25. The van der Waals surface area contributed by atoms with E-state index in [1.807, 2.05) is 37.3 Å². The highest BCUT2D eigenvalue weighted by Crippen LogP contribution is 2.21. The van der Waals surface area contributed by atoms with Crippen LogP contribution in [0.25, 0.3) is 5.69 Å². The molecule has 1 fully saturated rings. The molecule has 2 atom stereocenters. The maximum Gasteiger partial charge on any atom is 0.334 e. The molecule has 0 radical (unpaired) electrons. The van der Waals surface area contributed by atoms with Crippen LogP contribution in [0.5, 0.6) is 0 Å². The number of aliphatic carboxylic acids is 1. The van der Waals surface area contributed by atoms with Gasteiger partial charge >= 0.3 is 5.97 Å². The zero-order valence-electron chi connectivity index (χ0n) is 15.0. The summed E-state index contributed by atoms with van der Waals surface area (Å²) >= 11 is 0. The molecule has 7 nitrogen and oxygen atoms in total. The number of carbonyl (C=O) groups is 2. The van der Waals surface area contributed by atoms with Gasteiger partial charge in [0.1, 0.15) is 0 Å². The normalized spacial score (nSPS) is 20.2. The molecule has 1 N–H and O–H groups in total. The Balaban J connectivity index is 1.92. The van der Waals surface area contributed by atoms with Crippen molar-refractivity contribution in [2.24, 2.45) is 0 Å². The van der Waals surface area contributed by atoms with E-state index in [-0.39, 0.29) is 18.6 Å². The van der Waals surface area contributed by atoms with Crippen LogP contribution in [-0.4, -0.2) is 57.0 Å². The molecule has 1 aromatic carbocycles. The van der Waals surface area contributed by atoms with Crippen molar-refractivity contribution < 1.29 is 19.4 Å². The Morgan fingerprint density at radius 2 is 2.00 bits per heavy atom. The number of benzene rings is 1. The van der Waals surface area contributed by atoms with E-state index in [0.717, 1.165) is 17.8 Å². The first-order chi connectivity index (χ1) is 12.5. The monoisotopic (exact) mass is 357 g/mol. The Hall–Kier alpha value is -2.67. The highest BCUT2D eigenvalue weighted by Gasteiger charge is 2.34. The van der Waals surface area contributed by atoms with E-state index in [1.165, 1.54) is 0 Å². The molecule has 0 spiro atoms. The SMILES string of the molecule is CCCc1c(C(=O)N2CC(C(=O)O)O[C@H](C)C2)cnn1-c1ccccc1. The van der Waals surface area contributed by atoms with E-state index in [9.17, 15) is 14.7 Å². The first-order valence-corrected chi connectivity index (χ1v) is 8.81. The number of rotatable bonds is 5. The number of nitrogens with zero attached hydrogens (tertiary/aromatic N) is 3. The second-order valence-corrected chi connectivity index (χ2v) is 6.49. The minimum atomic E-state index is -1.05. The molecule has 138 valence electrons. The van der Waals surface area contributed by atoms with Crippen molar-refractivity contribution >= 4 is 11.9 Å². The van der Waals surface area contributed by atoms with E-state index in [1.54, 1.807) is 22.7 Å². The third-order valence-corrected chi connectivity index (χ3v) is 4.41. The number of aromatic nitrogens is 2. The van der Waals surface area contributed by atoms with Gasteiger partial charge in [-0.2, -0.15) is 5.10 Å². The fraction of sp³-hybridized carbons (Fsp3) is 0.421. The lowest BCUT2D eigenvalue weighted by atomic mass is 10.1. The summed E-state index contributed by atoms with van der Waals surface area (Å²) in [6.07, 6.45) is 1.83. The maximum atomic E-state index is 13.1. The molecule has 0 aliphatic carbocycles. The van der Waals surface area contributed by atoms with Crippen LogP contribution in [0.1, 0.15) is 36.3 Å². The molecule has 1 saturated heterocycles. The quantitative estimate of drug-likeness (QED) is 0.886. The molecule has 1 amide bonds. The first-order valence-electron chi connectivity index (χ1n) is 8.81. The summed E-state index contributed by atoms with van der Waals surface area (Å²) in [6.45, 7) is 4.23. The molecular formula is C19H23N3O4. The largest absolute Gasteiger partial charge is 0.479 e. The molecule has 7 heteroatoms. The van der Waals surface area contributed by atoms with Gasteiger partial charge in [0, 0.05) is 6.54 Å². The van der Waals surface area contributed by atoms with E-state index in [4.69, 9.17) is 4.74 Å². The van der Waals surface area contributed by atoms with Crippen LogP contribution in [0.4, 0.5) is 0 Å². The van der Waals surface area contributed by atoms with E-state index in [0.29, 0.717) is 18.5 Å². The molecule has 1 aliphatic heterocycles. The predicted molar refractivity (Wildman–Crippen MR) is 95.4 cm³/mol. The van der Waals surface area contributed by atoms with Gasteiger partial charge in [-0.1, -0.05) is 31.5 Å². The Bertz CT molecular complexity index is 787. The molecule has 0 saturated carbocycles. The number of carbonyl (C=O) groups excluding carboxylic acids is 1. The number of ether oxygens (including phenoxy) is 1. The van der Waals surface area contributed by atoms with Gasteiger partial charge in [0.25, 0.3) is 5.91 Å². The number of carboxylic acids is 1. The van der Waals surface area contributed by atoms with Crippen molar-refractivity contribution in [3.63, 3.8) is 0 Å². The first kappa shape index (κ1) is 18.1. The van der Waals surface area contributed by atoms with Crippen LogP contribution < -0.4 is 0 Å². The number of hydrogen-bond donors (Lipinski definition) is 1. The average Bonchev–Trinajstić information content (AvgIpc) is 3.05. The second-order valence-electron chi connectivity index (χ2n) is 6.49. The van der Waals surface area contributed by atoms with Gasteiger partial charge in [0.15, 0.2) is 6.10 Å². The lowest BCUT2D eigenvalue weighted by Crippen LogP contribution is -2.51. The predicted octanol–water partition coefficient (Wildman–Crippen LogP) is 2.14. The third kappa shape index (κ3) is 3.62. The van der Waals surface area contributed by atoms with Crippen LogP contribution in [0, 0.1) is 0 Å².